The van der Waals surface area contributed by atoms with Crippen LogP contribution in [0.15, 0.2) is 24.3 Å². The van der Waals surface area contributed by atoms with Gasteiger partial charge in [-0.1, -0.05) is 29.8 Å². The Labute approximate surface area is 85.4 Å². The molecule has 2 nitrogen and oxygen atoms in total. The van der Waals surface area contributed by atoms with E-state index in [9.17, 15) is 0 Å². The van der Waals surface area contributed by atoms with Gasteiger partial charge in [0.2, 0.25) is 0 Å². The van der Waals surface area contributed by atoms with E-state index in [2.05, 4.69) is 31.2 Å². The molecule has 2 heteroatoms. The van der Waals surface area contributed by atoms with Crippen LogP contribution in [0.1, 0.15) is 30.1 Å². The van der Waals surface area contributed by atoms with Crippen LogP contribution >= 0.6 is 0 Å². The smallest absolute Gasteiger partial charge is 0.104 e. The molecule has 0 aliphatic carbocycles. The highest BCUT2D eigenvalue weighted by Crippen LogP contribution is 2.27. The first-order chi connectivity index (χ1) is 6.75. The summed E-state index contributed by atoms with van der Waals surface area (Å²) in [5, 5.41) is 1.94. The third-order valence-corrected chi connectivity index (χ3v) is 2.70. The van der Waals surface area contributed by atoms with E-state index in [1.54, 1.807) is 0 Å². The van der Waals surface area contributed by atoms with E-state index >= 15 is 0 Å². The lowest BCUT2D eigenvalue weighted by Crippen LogP contribution is -2.28. The summed E-state index contributed by atoms with van der Waals surface area (Å²) in [4.78, 5) is 5.75. The van der Waals surface area contributed by atoms with Crippen molar-refractivity contribution < 1.29 is 4.84 Å². The average molecular weight is 191 g/mol. The molecule has 1 aliphatic rings. The second-order valence-corrected chi connectivity index (χ2v) is 4.00. The lowest BCUT2D eigenvalue weighted by molar-refractivity contribution is -0.208. The topological polar surface area (TPSA) is 12.5 Å². The van der Waals surface area contributed by atoms with Gasteiger partial charge in [-0.2, -0.15) is 5.06 Å². The maximum atomic E-state index is 5.75. The molecule has 1 atom stereocenters. The fraction of sp³-hybridized carbons (Fsp3) is 0.500. The monoisotopic (exact) mass is 191 g/mol. The molecule has 0 bridgehead atoms. The number of nitrogens with zero attached hydrogens (tertiary/aromatic N) is 1. The zero-order valence-corrected chi connectivity index (χ0v) is 8.86. The molecule has 1 fully saturated rings. The predicted molar refractivity (Wildman–Crippen MR) is 56.9 cm³/mol. The first-order valence-electron chi connectivity index (χ1n) is 5.20. The largest absolute Gasteiger partial charge is 0.291 e. The van der Waals surface area contributed by atoms with E-state index in [1.165, 1.54) is 17.5 Å². The Kier molecular flexibility index (Phi) is 2.85. The van der Waals surface area contributed by atoms with Crippen LogP contribution < -0.4 is 0 Å². The molecule has 2 rings (SSSR count). The fourth-order valence-corrected chi connectivity index (χ4v) is 1.83. The standard InChI is InChI=1S/C12H17NO/c1-10-5-7-11(8-6-10)12-4-3-9-13(2)14-12/h5-8,12H,3-4,9H2,1-2H3/t12-/m1/s1. The number of hydrogen-bond acceptors (Lipinski definition) is 2. The summed E-state index contributed by atoms with van der Waals surface area (Å²) in [6.45, 7) is 3.15. The van der Waals surface area contributed by atoms with Gasteiger partial charge in [0.05, 0.1) is 0 Å². The summed E-state index contributed by atoms with van der Waals surface area (Å²) in [5.41, 5.74) is 2.60. The third-order valence-electron chi connectivity index (χ3n) is 2.70. The van der Waals surface area contributed by atoms with Crippen molar-refractivity contribution >= 4 is 0 Å². The predicted octanol–water partition coefficient (Wildman–Crippen LogP) is 2.69. The Morgan fingerprint density at radius 1 is 1.29 bits per heavy atom. The minimum absolute atomic E-state index is 0.259. The molecule has 1 aromatic rings. The second kappa shape index (κ2) is 4.11. The van der Waals surface area contributed by atoms with Crippen molar-refractivity contribution in [1.82, 2.24) is 5.06 Å². The van der Waals surface area contributed by atoms with Gasteiger partial charge in [-0.3, -0.25) is 4.84 Å². The summed E-state index contributed by atoms with van der Waals surface area (Å²) in [6, 6.07) is 8.62. The number of rotatable bonds is 1. The molecule has 0 unspecified atom stereocenters. The molecule has 1 saturated heterocycles. The molecular weight excluding hydrogens is 174 g/mol. The van der Waals surface area contributed by atoms with Crippen molar-refractivity contribution in [3.63, 3.8) is 0 Å². The molecule has 76 valence electrons. The van der Waals surface area contributed by atoms with E-state index in [1.807, 2.05) is 12.1 Å². The van der Waals surface area contributed by atoms with Crippen molar-refractivity contribution in [2.45, 2.75) is 25.9 Å². The van der Waals surface area contributed by atoms with Gasteiger partial charge in [0, 0.05) is 13.6 Å². The zero-order valence-electron chi connectivity index (χ0n) is 8.86. The fourth-order valence-electron chi connectivity index (χ4n) is 1.83. The van der Waals surface area contributed by atoms with Crippen LogP contribution in [0.2, 0.25) is 0 Å². The molecule has 0 saturated carbocycles. The minimum Gasteiger partial charge on any atom is -0.291 e. The van der Waals surface area contributed by atoms with Crippen molar-refractivity contribution in [2.24, 2.45) is 0 Å². The Morgan fingerprint density at radius 3 is 2.64 bits per heavy atom. The van der Waals surface area contributed by atoms with E-state index in [0.29, 0.717) is 0 Å². The quantitative estimate of drug-likeness (QED) is 0.676. The van der Waals surface area contributed by atoms with Gasteiger partial charge in [0.25, 0.3) is 0 Å². The van der Waals surface area contributed by atoms with E-state index in [4.69, 9.17) is 4.84 Å². The third kappa shape index (κ3) is 2.14. The van der Waals surface area contributed by atoms with Crippen molar-refractivity contribution in [1.29, 1.82) is 0 Å². The normalized spacial score (nSPS) is 23.7. The first-order valence-corrected chi connectivity index (χ1v) is 5.20. The van der Waals surface area contributed by atoms with E-state index in [-0.39, 0.29) is 6.10 Å². The Morgan fingerprint density at radius 2 is 2.00 bits per heavy atom. The second-order valence-electron chi connectivity index (χ2n) is 4.00. The lowest BCUT2D eigenvalue weighted by Gasteiger charge is -2.29. The first kappa shape index (κ1) is 9.69. The molecule has 0 N–H and O–H groups in total. The van der Waals surface area contributed by atoms with Gasteiger partial charge in [0.15, 0.2) is 0 Å². The highest BCUT2D eigenvalue weighted by atomic mass is 16.7. The number of benzene rings is 1. The SMILES string of the molecule is Cc1ccc([C@H]2CCCN(C)O2)cc1. The number of hydroxylamine groups is 2. The molecule has 1 aromatic carbocycles. The molecule has 0 spiro atoms. The van der Waals surface area contributed by atoms with Crippen LogP contribution in [0.5, 0.6) is 0 Å². The van der Waals surface area contributed by atoms with Crippen LogP contribution in [-0.4, -0.2) is 18.7 Å². The molecular formula is C12H17NO. The van der Waals surface area contributed by atoms with Gasteiger partial charge in [-0.25, -0.2) is 0 Å². The zero-order chi connectivity index (χ0) is 9.97. The van der Waals surface area contributed by atoms with Gasteiger partial charge in [-0.15, -0.1) is 0 Å². The average Bonchev–Trinajstić information content (AvgIpc) is 2.19. The Balaban J connectivity index is 2.10. The van der Waals surface area contributed by atoms with Crippen LogP contribution in [-0.2, 0) is 4.84 Å². The van der Waals surface area contributed by atoms with Crippen molar-refractivity contribution in [3.8, 4) is 0 Å². The van der Waals surface area contributed by atoms with Crippen LogP contribution in [0, 0.1) is 6.92 Å². The van der Waals surface area contributed by atoms with Crippen molar-refractivity contribution in [3.05, 3.63) is 35.4 Å². The molecule has 0 aromatic heterocycles. The van der Waals surface area contributed by atoms with Crippen LogP contribution in [0.25, 0.3) is 0 Å². The van der Waals surface area contributed by atoms with Gasteiger partial charge >= 0.3 is 0 Å². The molecule has 0 radical (unpaired) electrons. The van der Waals surface area contributed by atoms with Gasteiger partial charge in [0.1, 0.15) is 6.10 Å². The van der Waals surface area contributed by atoms with Crippen LogP contribution in [0.4, 0.5) is 0 Å². The lowest BCUT2D eigenvalue weighted by atomic mass is 10.0. The molecule has 1 heterocycles. The summed E-state index contributed by atoms with van der Waals surface area (Å²) in [6.07, 6.45) is 2.61. The molecule has 1 aliphatic heterocycles. The minimum atomic E-state index is 0.259. The highest BCUT2D eigenvalue weighted by Gasteiger charge is 2.19. The van der Waals surface area contributed by atoms with Gasteiger partial charge < -0.3 is 0 Å². The summed E-state index contributed by atoms with van der Waals surface area (Å²) >= 11 is 0. The Bertz CT molecular complexity index is 294. The van der Waals surface area contributed by atoms with Crippen LogP contribution in [0.3, 0.4) is 0 Å². The number of hydrogen-bond donors (Lipinski definition) is 0. The maximum absolute atomic E-state index is 5.75. The summed E-state index contributed by atoms with van der Waals surface area (Å²) in [5.74, 6) is 0. The number of aryl methyl sites for hydroxylation is 1. The Hall–Kier alpha value is -0.860. The maximum Gasteiger partial charge on any atom is 0.104 e. The van der Waals surface area contributed by atoms with E-state index in [0.717, 1.165) is 13.0 Å². The molecule has 0 amide bonds. The summed E-state index contributed by atoms with van der Waals surface area (Å²) in [7, 11) is 2.00. The summed E-state index contributed by atoms with van der Waals surface area (Å²) < 4.78 is 0. The van der Waals surface area contributed by atoms with Crippen molar-refractivity contribution in [2.75, 3.05) is 13.6 Å². The highest BCUT2D eigenvalue weighted by molar-refractivity contribution is 5.23. The van der Waals surface area contributed by atoms with Gasteiger partial charge in [-0.05, 0) is 25.3 Å². The van der Waals surface area contributed by atoms with E-state index < -0.39 is 0 Å². The molecule has 14 heavy (non-hydrogen) atoms.